The molecule has 2 heterocycles. The van der Waals surface area contributed by atoms with Gasteiger partial charge < -0.3 is 15.8 Å². The van der Waals surface area contributed by atoms with Crippen molar-refractivity contribution in [2.45, 2.75) is 25.3 Å². The summed E-state index contributed by atoms with van der Waals surface area (Å²) < 4.78 is 19.5. The molecule has 0 radical (unpaired) electrons. The van der Waals surface area contributed by atoms with Crippen molar-refractivity contribution in [3.63, 3.8) is 0 Å². The van der Waals surface area contributed by atoms with Gasteiger partial charge in [-0.2, -0.15) is 0 Å². The average molecular weight is 354 g/mol. The maximum absolute atomic E-state index is 13.7. The Bertz CT molecular complexity index is 686. The lowest BCUT2D eigenvalue weighted by molar-refractivity contribution is 0.0659. The molecular weight excluding hydrogens is 337 g/mol. The molecule has 0 amide bonds. The van der Waals surface area contributed by atoms with Gasteiger partial charge in [0.2, 0.25) is 0 Å². The minimum atomic E-state index is -0.331. The van der Waals surface area contributed by atoms with E-state index in [1.165, 1.54) is 6.07 Å². The molecule has 1 aliphatic rings. The zero-order valence-corrected chi connectivity index (χ0v) is 13.3. The molecule has 3 N–H and O–H groups in total. The number of nitrogens with zero attached hydrogens (tertiary/aromatic N) is 1. The molecule has 1 fully saturated rings. The first kappa shape index (κ1) is 14.5. The molecule has 1 saturated heterocycles. The monoisotopic (exact) mass is 353 g/mol. The number of nitrogens with two attached hydrogens (primary N) is 1. The molecule has 0 atom stereocenters. The van der Waals surface area contributed by atoms with E-state index in [9.17, 15) is 4.39 Å². The predicted molar refractivity (Wildman–Crippen MR) is 85.9 cm³/mol. The standard InChI is InChI=1S/C15H17BrFN3O/c1-15(2-4-21-5-3-15)20-14-9-6-10(16)11(17)7-13(9)19-8-12(14)18/h6-8H,2-5,18H2,1H3,(H,19,20). The first-order valence-electron chi connectivity index (χ1n) is 6.88. The second-order valence-electron chi connectivity index (χ2n) is 5.67. The molecule has 0 bridgehead atoms. The normalized spacial score (nSPS) is 17.9. The molecule has 6 heteroatoms. The topological polar surface area (TPSA) is 60.2 Å². The highest BCUT2D eigenvalue weighted by Crippen LogP contribution is 2.35. The fourth-order valence-corrected chi connectivity index (χ4v) is 2.93. The molecule has 112 valence electrons. The Kier molecular flexibility index (Phi) is 3.75. The zero-order chi connectivity index (χ0) is 15.0. The average Bonchev–Trinajstić information content (AvgIpc) is 2.45. The predicted octanol–water partition coefficient (Wildman–Crippen LogP) is 3.70. The van der Waals surface area contributed by atoms with Gasteiger partial charge in [0.15, 0.2) is 0 Å². The molecule has 0 saturated carbocycles. The molecular formula is C15H17BrFN3O. The van der Waals surface area contributed by atoms with Crippen molar-refractivity contribution in [3.05, 3.63) is 28.6 Å². The van der Waals surface area contributed by atoms with E-state index >= 15 is 0 Å². The molecule has 21 heavy (non-hydrogen) atoms. The molecule has 0 aliphatic carbocycles. The van der Waals surface area contributed by atoms with E-state index in [4.69, 9.17) is 10.5 Å². The van der Waals surface area contributed by atoms with Crippen LogP contribution < -0.4 is 11.1 Å². The van der Waals surface area contributed by atoms with Crippen LogP contribution in [0.25, 0.3) is 10.9 Å². The minimum Gasteiger partial charge on any atom is -0.396 e. The third-order valence-corrected chi connectivity index (χ3v) is 4.57. The first-order chi connectivity index (χ1) is 9.98. The van der Waals surface area contributed by atoms with Crippen LogP contribution in [0.3, 0.4) is 0 Å². The Labute approximate surface area is 131 Å². The van der Waals surface area contributed by atoms with Gasteiger partial charge in [-0.05, 0) is 41.8 Å². The van der Waals surface area contributed by atoms with Gasteiger partial charge in [-0.3, -0.25) is 4.98 Å². The third kappa shape index (κ3) is 2.82. The molecule has 0 spiro atoms. The number of ether oxygens (including phenoxy) is 1. The lowest BCUT2D eigenvalue weighted by atomic mass is 9.91. The molecule has 2 aromatic rings. The van der Waals surface area contributed by atoms with Gasteiger partial charge in [-0.1, -0.05) is 0 Å². The quantitative estimate of drug-likeness (QED) is 0.863. The Balaban J connectivity index is 2.08. The van der Waals surface area contributed by atoms with Crippen LogP contribution in [0, 0.1) is 5.82 Å². The van der Waals surface area contributed by atoms with E-state index < -0.39 is 0 Å². The molecule has 3 rings (SSSR count). The van der Waals surface area contributed by atoms with Crippen molar-refractivity contribution < 1.29 is 9.13 Å². The van der Waals surface area contributed by atoms with E-state index in [0.29, 0.717) is 15.7 Å². The summed E-state index contributed by atoms with van der Waals surface area (Å²) in [4.78, 5) is 4.21. The van der Waals surface area contributed by atoms with Crippen LogP contribution in [0.15, 0.2) is 22.8 Å². The summed E-state index contributed by atoms with van der Waals surface area (Å²) in [7, 11) is 0. The van der Waals surface area contributed by atoms with Gasteiger partial charge in [0.05, 0.1) is 27.6 Å². The van der Waals surface area contributed by atoms with Gasteiger partial charge in [-0.25, -0.2) is 4.39 Å². The van der Waals surface area contributed by atoms with Crippen LogP contribution in [-0.4, -0.2) is 23.7 Å². The van der Waals surface area contributed by atoms with Crippen molar-refractivity contribution in [2.24, 2.45) is 0 Å². The number of halogens is 2. The number of nitrogen functional groups attached to an aromatic ring is 1. The molecule has 1 aliphatic heterocycles. The SMILES string of the molecule is CC1(Nc2c(N)cnc3cc(F)c(Br)cc23)CCOCC1. The van der Waals surface area contributed by atoms with Gasteiger partial charge in [-0.15, -0.1) is 0 Å². The summed E-state index contributed by atoms with van der Waals surface area (Å²) in [5, 5.41) is 4.34. The van der Waals surface area contributed by atoms with Crippen LogP contribution in [-0.2, 0) is 4.74 Å². The van der Waals surface area contributed by atoms with Crippen LogP contribution in [0.1, 0.15) is 19.8 Å². The molecule has 1 aromatic heterocycles. The third-order valence-electron chi connectivity index (χ3n) is 3.96. The highest BCUT2D eigenvalue weighted by molar-refractivity contribution is 9.10. The second-order valence-corrected chi connectivity index (χ2v) is 6.52. The fraction of sp³-hybridized carbons (Fsp3) is 0.400. The Hall–Kier alpha value is -1.40. The summed E-state index contributed by atoms with van der Waals surface area (Å²) in [5.74, 6) is -0.331. The highest BCUT2D eigenvalue weighted by Gasteiger charge is 2.28. The number of fused-ring (bicyclic) bond motifs is 1. The zero-order valence-electron chi connectivity index (χ0n) is 11.7. The first-order valence-corrected chi connectivity index (χ1v) is 7.67. The van der Waals surface area contributed by atoms with Crippen molar-refractivity contribution in [2.75, 3.05) is 24.3 Å². The number of anilines is 2. The summed E-state index contributed by atoms with van der Waals surface area (Å²) >= 11 is 3.22. The Morgan fingerprint density at radius 1 is 1.38 bits per heavy atom. The van der Waals surface area contributed by atoms with Gasteiger partial charge in [0.1, 0.15) is 5.82 Å². The molecule has 1 aromatic carbocycles. The fourth-order valence-electron chi connectivity index (χ4n) is 2.59. The largest absolute Gasteiger partial charge is 0.396 e. The molecule has 4 nitrogen and oxygen atoms in total. The smallest absolute Gasteiger partial charge is 0.139 e. The summed E-state index contributed by atoms with van der Waals surface area (Å²) in [6.45, 7) is 3.61. The van der Waals surface area contributed by atoms with E-state index in [1.54, 1.807) is 12.3 Å². The second kappa shape index (κ2) is 5.42. The number of pyridine rings is 1. The van der Waals surface area contributed by atoms with Gasteiger partial charge in [0.25, 0.3) is 0 Å². The maximum Gasteiger partial charge on any atom is 0.139 e. The van der Waals surface area contributed by atoms with Crippen LogP contribution in [0.5, 0.6) is 0 Å². The maximum atomic E-state index is 13.7. The van der Waals surface area contributed by atoms with E-state index in [2.05, 4.69) is 33.2 Å². The van der Waals surface area contributed by atoms with Crippen molar-refractivity contribution in [3.8, 4) is 0 Å². The van der Waals surface area contributed by atoms with E-state index in [0.717, 1.165) is 37.1 Å². The van der Waals surface area contributed by atoms with Crippen molar-refractivity contribution in [1.82, 2.24) is 4.98 Å². The number of aromatic nitrogens is 1. The van der Waals surface area contributed by atoms with Crippen LogP contribution in [0.4, 0.5) is 15.8 Å². The molecule has 0 unspecified atom stereocenters. The van der Waals surface area contributed by atoms with Crippen LogP contribution >= 0.6 is 15.9 Å². The minimum absolute atomic E-state index is 0.0818. The van der Waals surface area contributed by atoms with Crippen molar-refractivity contribution >= 4 is 38.2 Å². The number of hydrogen-bond acceptors (Lipinski definition) is 4. The lowest BCUT2D eigenvalue weighted by Gasteiger charge is -2.36. The van der Waals surface area contributed by atoms with Gasteiger partial charge in [0, 0.05) is 30.2 Å². The van der Waals surface area contributed by atoms with Crippen LogP contribution in [0.2, 0.25) is 0 Å². The van der Waals surface area contributed by atoms with Crippen molar-refractivity contribution in [1.29, 1.82) is 0 Å². The van der Waals surface area contributed by atoms with E-state index in [1.807, 2.05) is 0 Å². The summed E-state index contributed by atoms with van der Waals surface area (Å²) in [5.41, 5.74) is 7.96. The number of nitrogens with one attached hydrogen (secondary N) is 1. The number of benzene rings is 1. The highest BCUT2D eigenvalue weighted by atomic mass is 79.9. The summed E-state index contributed by atoms with van der Waals surface area (Å²) in [6, 6.07) is 3.13. The number of hydrogen-bond donors (Lipinski definition) is 2. The number of rotatable bonds is 2. The van der Waals surface area contributed by atoms with E-state index in [-0.39, 0.29) is 11.4 Å². The Morgan fingerprint density at radius 3 is 2.81 bits per heavy atom. The van der Waals surface area contributed by atoms with Gasteiger partial charge >= 0.3 is 0 Å². The summed E-state index contributed by atoms with van der Waals surface area (Å²) in [6.07, 6.45) is 3.37. The Morgan fingerprint density at radius 2 is 2.10 bits per heavy atom. The lowest BCUT2D eigenvalue weighted by Crippen LogP contribution is -2.40.